The van der Waals surface area contributed by atoms with E-state index in [0.29, 0.717) is 12.2 Å². The highest BCUT2D eigenvalue weighted by atomic mass is 16.5. The summed E-state index contributed by atoms with van der Waals surface area (Å²) in [6.07, 6.45) is 7.25. The molecule has 0 aliphatic carbocycles. The van der Waals surface area contributed by atoms with Crippen LogP contribution >= 0.6 is 0 Å². The van der Waals surface area contributed by atoms with Crippen LogP contribution in [0.2, 0.25) is 0 Å². The van der Waals surface area contributed by atoms with Gasteiger partial charge in [0.1, 0.15) is 18.9 Å². The van der Waals surface area contributed by atoms with Crippen LogP contribution in [-0.4, -0.2) is 12.2 Å². The third-order valence-electron chi connectivity index (χ3n) is 1.80. The van der Waals surface area contributed by atoms with Crippen LogP contribution in [0.1, 0.15) is 19.3 Å². The molecule has 38 valence electrons. The second-order valence-corrected chi connectivity index (χ2v) is 2.35. The van der Waals surface area contributed by atoms with E-state index in [1.54, 1.807) is 0 Å². The molecule has 1 nitrogen and oxygen atoms in total. The van der Waals surface area contributed by atoms with Gasteiger partial charge in [0.15, 0.2) is 6.10 Å². The lowest BCUT2D eigenvalue weighted by Gasteiger charge is -1.92. The monoisotopic (exact) mass is 97.1 g/mol. The lowest BCUT2D eigenvalue weighted by molar-refractivity contribution is 0.111. The summed E-state index contributed by atoms with van der Waals surface area (Å²) in [4.78, 5) is 0. The zero-order valence-electron chi connectivity index (χ0n) is 4.26. The van der Waals surface area contributed by atoms with Gasteiger partial charge >= 0.3 is 0 Å². The molecule has 7 heavy (non-hydrogen) atoms. The van der Waals surface area contributed by atoms with Crippen LogP contribution in [0.25, 0.3) is 0 Å². The minimum absolute atomic E-state index is 0.546. The Morgan fingerprint density at radius 3 is 2.57 bits per heavy atom. The molecule has 0 amide bonds. The molecule has 2 heterocycles. The van der Waals surface area contributed by atoms with E-state index >= 15 is 0 Å². The van der Waals surface area contributed by atoms with Gasteiger partial charge in [0, 0.05) is 6.42 Å². The largest absolute Gasteiger partial charge is 0.330 e. The Bertz CT molecular complexity index is 62.2. The summed E-state index contributed by atoms with van der Waals surface area (Å²) in [5, 5.41) is 0. The van der Waals surface area contributed by atoms with Gasteiger partial charge in [0.2, 0.25) is 0 Å². The Hall–Kier alpha value is -0.170. The first-order valence-corrected chi connectivity index (χ1v) is 2.94. The number of ether oxygens (including phenoxy) is 1. The number of hydrogen-bond donors (Lipinski definition) is 0. The fourth-order valence-electron chi connectivity index (χ4n) is 1.38. The van der Waals surface area contributed by atoms with Gasteiger partial charge in [-0.05, 0) is 6.42 Å². The normalized spacial score (nSPS) is 46.9. The molecule has 2 bridgehead atoms. The van der Waals surface area contributed by atoms with E-state index in [9.17, 15) is 0 Å². The standard InChI is InChI=1S/C6H9O/c1-2-6-4-3-5(1)7-6/h1,5-6H,2-4H2/q+1. The van der Waals surface area contributed by atoms with Gasteiger partial charge in [-0.3, -0.25) is 0 Å². The molecular weight excluding hydrogens is 88.1 g/mol. The predicted molar refractivity (Wildman–Crippen MR) is 26.8 cm³/mol. The average Bonchev–Trinajstić information content (AvgIpc) is 2.22. The summed E-state index contributed by atoms with van der Waals surface area (Å²) in [5.74, 6) is 0. The van der Waals surface area contributed by atoms with Crippen molar-refractivity contribution in [1.82, 2.24) is 0 Å². The van der Waals surface area contributed by atoms with Gasteiger partial charge in [-0.15, -0.1) is 0 Å². The maximum Gasteiger partial charge on any atom is 0.197 e. The Balaban J connectivity index is 2.12. The summed E-state index contributed by atoms with van der Waals surface area (Å²) in [6, 6.07) is 0. The molecule has 2 rings (SSSR count). The molecule has 2 aliphatic rings. The fourth-order valence-corrected chi connectivity index (χ4v) is 1.38. The number of rotatable bonds is 0. The van der Waals surface area contributed by atoms with Gasteiger partial charge in [0.05, 0.1) is 0 Å². The van der Waals surface area contributed by atoms with Crippen molar-refractivity contribution in [2.75, 3.05) is 0 Å². The Labute approximate surface area is 43.7 Å². The van der Waals surface area contributed by atoms with Crippen LogP contribution in [0.15, 0.2) is 0 Å². The molecule has 1 heteroatoms. The second-order valence-electron chi connectivity index (χ2n) is 2.35. The van der Waals surface area contributed by atoms with Gasteiger partial charge < -0.3 is 4.74 Å². The maximum absolute atomic E-state index is 5.42. The summed E-state index contributed by atoms with van der Waals surface area (Å²) < 4.78 is 5.42. The highest BCUT2D eigenvalue weighted by Crippen LogP contribution is 2.32. The number of hydrogen-bond acceptors (Lipinski definition) is 1. The van der Waals surface area contributed by atoms with Crippen molar-refractivity contribution in [3.05, 3.63) is 6.42 Å². The first-order chi connectivity index (χ1) is 3.45. The predicted octanol–water partition coefficient (Wildman–Crippen LogP) is 1.14. The quantitative estimate of drug-likeness (QED) is 0.412. The molecule has 2 atom stereocenters. The zero-order chi connectivity index (χ0) is 4.69. The summed E-state index contributed by atoms with van der Waals surface area (Å²) >= 11 is 0. The lowest BCUT2D eigenvalue weighted by atomic mass is 10.0. The van der Waals surface area contributed by atoms with E-state index in [1.807, 2.05) is 0 Å². The van der Waals surface area contributed by atoms with Gasteiger partial charge in [-0.1, -0.05) is 0 Å². The van der Waals surface area contributed by atoms with Gasteiger partial charge in [-0.25, -0.2) is 0 Å². The molecule has 0 saturated carbocycles. The zero-order valence-corrected chi connectivity index (χ0v) is 4.26. The molecule has 2 fully saturated rings. The Kier molecular flexibility index (Phi) is 0.627. The topological polar surface area (TPSA) is 9.23 Å². The van der Waals surface area contributed by atoms with Crippen LogP contribution < -0.4 is 0 Å². The highest BCUT2D eigenvalue weighted by molar-refractivity contribution is 4.94. The van der Waals surface area contributed by atoms with Crippen molar-refractivity contribution in [3.8, 4) is 0 Å². The molecule has 2 unspecified atom stereocenters. The Morgan fingerprint density at radius 1 is 1.43 bits per heavy atom. The molecule has 0 aromatic rings. The summed E-state index contributed by atoms with van der Waals surface area (Å²) in [7, 11) is 0. The highest BCUT2D eigenvalue weighted by Gasteiger charge is 2.39. The first-order valence-electron chi connectivity index (χ1n) is 2.94. The maximum atomic E-state index is 5.42. The Morgan fingerprint density at radius 2 is 2.43 bits per heavy atom. The molecule has 0 aromatic heterocycles. The van der Waals surface area contributed by atoms with Crippen LogP contribution in [0.4, 0.5) is 0 Å². The fraction of sp³-hybridized carbons (Fsp3) is 0.833. The average molecular weight is 97.1 g/mol. The smallest absolute Gasteiger partial charge is 0.197 e. The van der Waals surface area contributed by atoms with Crippen molar-refractivity contribution in [2.45, 2.75) is 31.5 Å². The van der Waals surface area contributed by atoms with Gasteiger partial charge in [-0.2, -0.15) is 0 Å². The van der Waals surface area contributed by atoms with Crippen LogP contribution in [0, 0.1) is 6.42 Å². The molecule has 2 saturated heterocycles. The third kappa shape index (κ3) is 0.447. The van der Waals surface area contributed by atoms with Gasteiger partial charge in [0.25, 0.3) is 0 Å². The van der Waals surface area contributed by atoms with Crippen molar-refractivity contribution in [2.24, 2.45) is 0 Å². The van der Waals surface area contributed by atoms with E-state index in [0.717, 1.165) is 0 Å². The molecule has 0 spiro atoms. The van der Waals surface area contributed by atoms with Crippen LogP contribution in [0.5, 0.6) is 0 Å². The van der Waals surface area contributed by atoms with Crippen LogP contribution in [-0.2, 0) is 4.74 Å². The van der Waals surface area contributed by atoms with E-state index < -0.39 is 0 Å². The molecular formula is C6H9O+. The van der Waals surface area contributed by atoms with E-state index in [4.69, 9.17) is 4.74 Å². The summed E-state index contributed by atoms with van der Waals surface area (Å²) in [5.41, 5.74) is 0. The summed E-state index contributed by atoms with van der Waals surface area (Å²) in [6.45, 7) is 0. The molecule has 0 N–H and O–H groups in total. The number of fused-ring (bicyclic) bond motifs is 2. The third-order valence-corrected chi connectivity index (χ3v) is 1.80. The van der Waals surface area contributed by atoms with E-state index in [-0.39, 0.29) is 0 Å². The molecule has 0 radical (unpaired) electrons. The van der Waals surface area contributed by atoms with Crippen LogP contribution in [0.3, 0.4) is 0 Å². The van der Waals surface area contributed by atoms with Crippen molar-refractivity contribution in [3.63, 3.8) is 0 Å². The van der Waals surface area contributed by atoms with E-state index in [1.165, 1.54) is 19.3 Å². The minimum atomic E-state index is 0.546. The van der Waals surface area contributed by atoms with Crippen molar-refractivity contribution >= 4 is 0 Å². The van der Waals surface area contributed by atoms with Crippen molar-refractivity contribution < 1.29 is 4.74 Å². The van der Waals surface area contributed by atoms with E-state index in [2.05, 4.69) is 6.42 Å². The second kappa shape index (κ2) is 1.16. The minimum Gasteiger partial charge on any atom is -0.330 e. The SMILES string of the molecule is [CH+]1CC2CCC1O2. The molecule has 0 aromatic carbocycles. The lowest BCUT2D eigenvalue weighted by Crippen LogP contribution is -1.99. The van der Waals surface area contributed by atoms with Crippen molar-refractivity contribution in [1.29, 1.82) is 0 Å². The first kappa shape index (κ1) is 3.79. The molecule has 2 aliphatic heterocycles.